The molecule has 8 nitrogen and oxygen atoms in total. The number of nitrogens with one attached hydrogen (secondary N) is 2. The first-order valence-corrected chi connectivity index (χ1v) is 11.8. The lowest BCUT2D eigenvalue weighted by molar-refractivity contribution is 0.0950. The molecule has 0 aromatic heterocycles. The molecule has 158 valence electrons. The van der Waals surface area contributed by atoms with Gasteiger partial charge in [0.15, 0.2) is 0 Å². The van der Waals surface area contributed by atoms with Crippen molar-refractivity contribution in [3.8, 4) is 0 Å². The van der Waals surface area contributed by atoms with Crippen LogP contribution in [0.5, 0.6) is 0 Å². The Morgan fingerprint density at radius 2 is 1.55 bits per heavy atom. The molecule has 0 spiro atoms. The van der Waals surface area contributed by atoms with Crippen LogP contribution in [0.4, 0.5) is 0 Å². The number of carbonyl (C=O) groups is 1. The van der Waals surface area contributed by atoms with Crippen LogP contribution >= 0.6 is 0 Å². The molecule has 10 heteroatoms. The molecule has 0 aliphatic carbocycles. The number of hydrogen-bond acceptors (Lipinski definition) is 5. The topological polar surface area (TPSA) is 113 Å². The van der Waals surface area contributed by atoms with Gasteiger partial charge in [0.1, 0.15) is 0 Å². The van der Waals surface area contributed by atoms with E-state index in [1.807, 2.05) is 0 Å². The minimum Gasteiger partial charge on any atom is -0.348 e. The molecular weight excluding hydrogens is 414 g/mol. The highest BCUT2D eigenvalue weighted by Crippen LogP contribution is 2.18. The molecule has 0 saturated heterocycles. The molecule has 0 bridgehead atoms. The van der Waals surface area contributed by atoms with E-state index in [2.05, 4.69) is 10.0 Å². The zero-order chi connectivity index (χ0) is 21.8. The van der Waals surface area contributed by atoms with Crippen molar-refractivity contribution in [1.29, 1.82) is 0 Å². The van der Waals surface area contributed by atoms with E-state index in [0.29, 0.717) is 5.56 Å². The lowest BCUT2D eigenvalue weighted by Crippen LogP contribution is -2.30. The van der Waals surface area contributed by atoms with Gasteiger partial charge in [0.2, 0.25) is 20.0 Å². The van der Waals surface area contributed by atoms with E-state index in [4.69, 9.17) is 0 Å². The predicted molar refractivity (Wildman–Crippen MR) is 110 cm³/mol. The molecule has 0 saturated carbocycles. The fourth-order valence-electron chi connectivity index (χ4n) is 2.54. The molecule has 2 aromatic rings. The molecule has 29 heavy (non-hydrogen) atoms. The molecule has 0 unspecified atom stereocenters. The normalized spacial score (nSPS) is 12.3. The van der Waals surface area contributed by atoms with Crippen molar-refractivity contribution in [2.45, 2.75) is 36.2 Å². The fourth-order valence-corrected chi connectivity index (χ4v) is 4.91. The minimum atomic E-state index is -3.64. The van der Waals surface area contributed by atoms with Crippen LogP contribution in [0.25, 0.3) is 0 Å². The van der Waals surface area contributed by atoms with Crippen molar-refractivity contribution in [1.82, 2.24) is 14.3 Å². The summed E-state index contributed by atoms with van der Waals surface area (Å²) < 4.78 is 52.7. The minimum absolute atomic E-state index is 0.0109. The van der Waals surface area contributed by atoms with Crippen LogP contribution in [0.1, 0.15) is 29.8 Å². The Morgan fingerprint density at radius 3 is 2.10 bits per heavy atom. The van der Waals surface area contributed by atoms with Gasteiger partial charge < -0.3 is 5.32 Å². The lowest BCUT2D eigenvalue weighted by Gasteiger charge is -2.15. The smallest absolute Gasteiger partial charge is 0.251 e. The van der Waals surface area contributed by atoms with Crippen LogP contribution in [-0.4, -0.2) is 47.2 Å². The van der Waals surface area contributed by atoms with Gasteiger partial charge in [0.25, 0.3) is 5.91 Å². The Labute approximate surface area is 172 Å². The highest BCUT2D eigenvalue weighted by Gasteiger charge is 2.21. The number of rotatable bonds is 8. The maximum absolute atomic E-state index is 12.4. The second-order valence-corrected chi connectivity index (χ2v) is 10.7. The Kier molecular flexibility index (Phi) is 7.17. The van der Waals surface area contributed by atoms with Crippen molar-refractivity contribution < 1.29 is 21.6 Å². The molecule has 2 aromatic carbocycles. The maximum atomic E-state index is 12.4. The molecule has 0 aliphatic rings. The van der Waals surface area contributed by atoms with Gasteiger partial charge in [-0.3, -0.25) is 4.79 Å². The van der Waals surface area contributed by atoms with Crippen molar-refractivity contribution in [3.05, 3.63) is 59.7 Å². The first-order valence-electron chi connectivity index (χ1n) is 8.86. The van der Waals surface area contributed by atoms with Gasteiger partial charge in [-0.15, -0.1) is 0 Å². The van der Waals surface area contributed by atoms with Gasteiger partial charge in [-0.1, -0.05) is 18.2 Å². The van der Waals surface area contributed by atoms with E-state index in [0.717, 1.165) is 4.31 Å². The first-order chi connectivity index (χ1) is 13.4. The van der Waals surface area contributed by atoms with Crippen LogP contribution in [-0.2, 0) is 26.6 Å². The molecule has 0 heterocycles. The predicted octanol–water partition coefficient (Wildman–Crippen LogP) is 1.55. The molecule has 0 atom stereocenters. The Morgan fingerprint density at radius 1 is 0.966 bits per heavy atom. The molecule has 2 rings (SSSR count). The van der Waals surface area contributed by atoms with Crippen molar-refractivity contribution >= 4 is 26.0 Å². The summed E-state index contributed by atoms with van der Waals surface area (Å²) in [5, 5.41) is 2.67. The third-order valence-corrected chi connectivity index (χ3v) is 7.58. The van der Waals surface area contributed by atoms with E-state index in [-0.39, 0.29) is 27.9 Å². The SMILES string of the molecule is CC(C)NS(=O)(=O)c1ccc(C(=O)NCc2ccccc2S(=O)(=O)N(C)C)cc1. The molecule has 2 N–H and O–H groups in total. The van der Waals surface area contributed by atoms with Gasteiger partial charge in [0.05, 0.1) is 9.79 Å². The summed E-state index contributed by atoms with van der Waals surface area (Å²) in [6.07, 6.45) is 0. The lowest BCUT2D eigenvalue weighted by atomic mass is 10.2. The van der Waals surface area contributed by atoms with Crippen LogP contribution in [0, 0.1) is 0 Å². The number of hydrogen-bond donors (Lipinski definition) is 2. The maximum Gasteiger partial charge on any atom is 0.251 e. The van der Waals surface area contributed by atoms with Crippen molar-refractivity contribution in [2.75, 3.05) is 14.1 Å². The van der Waals surface area contributed by atoms with E-state index in [9.17, 15) is 21.6 Å². The first kappa shape index (κ1) is 23.0. The van der Waals surface area contributed by atoms with Gasteiger partial charge >= 0.3 is 0 Å². The van der Waals surface area contributed by atoms with Crippen LogP contribution < -0.4 is 10.0 Å². The fraction of sp³-hybridized carbons (Fsp3) is 0.316. The average molecular weight is 440 g/mol. The Balaban J connectivity index is 2.15. The molecular formula is C19H25N3O5S2. The van der Waals surface area contributed by atoms with Crippen LogP contribution in [0.15, 0.2) is 58.3 Å². The summed E-state index contributed by atoms with van der Waals surface area (Å²) >= 11 is 0. The van der Waals surface area contributed by atoms with E-state index >= 15 is 0 Å². The van der Waals surface area contributed by atoms with Gasteiger partial charge in [-0.2, -0.15) is 0 Å². The molecule has 0 fully saturated rings. The monoisotopic (exact) mass is 439 g/mol. The van der Waals surface area contributed by atoms with E-state index in [1.165, 1.54) is 44.4 Å². The Bertz CT molecular complexity index is 1080. The van der Waals surface area contributed by atoms with Crippen molar-refractivity contribution in [3.63, 3.8) is 0 Å². The standard InChI is InChI=1S/C19H25N3O5S2/c1-14(2)21-28(24,25)17-11-9-15(10-12-17)19(23)20-13-16-7-5-6-8-18(16)29(26,27)22(3)4/h5-12,14,21H,13H2,1-4H3,(H,20,23). The summed E-state index contributed by atoms with van der Waals surface area (Å²) in [4.78, 5) is 12.6. The summed E-state index contributed by atoms with van der Waals surface area (Å²) in [5.74, 6) is -0.442. The Hall–Kier alpha value is -2.27. The largest absolute Gasteiger partial charge is 0.348 e. The third kappa shape index (κ3) is 5.63. The van der Waals surface area contributed by atoms with E-state index < -0.39 is 26.0 Å². The highest BCUT2D eigenvalue weighted by atomic mass is 32.2. The summed E-state index contributed by atoms with van der Waals surface area (Å²) in [6, 6.07) is 11.7. The molecule has 1 amide bonds. The molecule has 0 radical (unpaired) electrons. The number of nitrogens with zero attached hydrogens (tertiary/aromatic N) is 1. The summed E-state index contributed by atoms with van der Waals surface area (Å²) in [5.41, 5.74) is 0.719. The number of amides is 1. The van der Waals surface area contributed by atoms with Gasteiger partial charge in [-0.05, 0) is 49.7 Å². The number of sulfonamides is 2. The summed E-state index contributed by atoms with van der Waals surface area (Å²) in [6.45, 7) is 3.44. The van der Waals surface area contributed by atoms with Gasteiger partial charge in [0, 0.05) is 32.2 Å². The second kappa shape index (κ2) is 9.04. The molecule has 0 aliphatic heterocycles. The highest BCUT2D eigenvalue weighted by molar-refractivity contribution is 7.89. The third-order valence-electron chi connectivity index (χ3n) is 3.99. The zero-order valence-corrected chi connectivity index (χ0v) is 18.3. The quantitative estimate of drug-likeness (QED) is 0.648. The average Bonchev–Trinajstić information content (AvgIpc) is 2.65. The van der Waals surface area contributed by atoms with E-state index in [1.54, 1.807) is 32.0 Å². The summed E-state index contributed by atoms with van der Waals surface area (Å²) in [7, 11) is -4.41. The van der Waals surface area contributed by atoms with Gasteiger partial charge in [-0.25, -0.2) is 25.9 Å². The van der Waals surface area contributed by atoms with Crippen LogP contribution in [0.2, 0.25) is 0 Å². The zero-order valence-electron chi connectivity index (χ0n) is 16.7. The van der Waals surface area contributed by atoms with Crippen molar-refractivity contribution in [2.24, 2.45) is 0 Å². The number of carbonyl (C=O) groups excluding carboxylic acids is 1. The number of benzene rings is 2. The van der Waals surface area contributed by atoms with Crippen LogP contribution in [0.3, 0.4) is 0 Å². The second-order valence-electron chi connectivity index (χ2n) is 6.88.